The molecule has 1 heterocycles. The van der Waals surface area contributed by atoms with Gasteiger partial charge in [0.05, 0.1) is 0 Å². The lowest BCUT2D eigenvalue weighted by Crippen LogP contribution is -2.13. The quantitative estimate of drug-likeness (QED) is 0.618. The van der Waals surface area contributed by atoms with Crippen LogP contribution in [0.25, 0.3) is 0 Å². The SMILES string of the molecule is Fc1ccc(Br)cc1CNc1cc(Cl)nc(C(F)(F)F)n1. The number of hydrogen-bond acceptors (Lipinski definition) is 3. The van der Waals surface area contributed by atoms with E-state index >= 15 is 0 Å². The molecule has 21 heavy (non-hydrogen) atoms. The Bertz CT molecular complexity index is 663. The largest absolute Gasteiger partial charge is 0.451 e. The number of nitrogens with one attached hydrogen (secondary N) is 1. The van der Waals surface area contributed by atoms with Gasteiger partial charge < -0.3 is 5.32 Å². The summed E-state index contributed by atoms with van der Waals surface area (Å²) in [6, 6.07) is 5.40. The molecule has 1 N–H and O–H groups in total. The van der Waals surface area contributed by atoms with E-state index in [1.807, 2.05) is 0 Å². The van der Waals surface area contributed by atoms with Crippen LogP contribution in [-0.4, -0.2) is 9.97 Å². The highest BCUT2D eigenvalue weighted by Crippen LogP contribution is 2.28. The van der Waals surface area contributed by atoms with E-state index in [2.05, 4.69) is 31.2 Å². The summed E-state index contributed by atoms with van der Waals surface area (Å²) in [6.07, 6.45) is -4.71. The molecule has 0 saturated carbocycles. The lowest BCUT2D eigenvalue weighted by molar-refractivity contribution is -0.144. The average Bonchev–Trinajstić information content (AvgIpc) is 2.38. The predicted octanol–water partition coefficient (Wildman–Crippen LogP) is 4.66. The molecule has 2 aromatic rings. The Morgan fingerprint density at radius 1 is 1.19 bits per heavy atom. The van der Waals surface area contributed by atoms with Gasteiger partial charge in [-0.2, -0.15) is 13.2 Å². The van der Waals surface area contributed by atoms with Gasteiger partial charge in [-0.1, -0.05) is 27.5 Å². The van der Waals surface area contributed by atoms with E-state index in [1.165, 1.54) is 18.2 Å². The van der Waals surface area contributed by atoms with Gasteiger partial charge in [-0.25, -0.2) is 14.4 Å². The van der Waals surface area contributed by atoms with Crippen molar-refractivity contribution in [2.45, 2.75) is 12.7 Å². The van der Waals surface area contributed by atoms with Gasteiger partial charge in [0.15, 0.2) is 0 Å². The van der Waals surface area contributed by atoms with Crippen LogP contribution >= 0.6 is 27.5 Å². The number of hydrogen-bond donors (Lipinski definition) is 1. The number of nitrogens with zero attached hydrogens (tertiary/aromatic N) is 2. The molecule has 0 spiro atoms. The second kappa shape index (κ2) is 6.15. The highest BCUT2D eigenvalue weighted by Gasteiger charge is 2.35. The summed E-state index contributed by atoms with van der Waals surface area (Å²) >= 11 is 8.70. The molecule has 0 amide bonds. The lowest BCUT2D eigenvalue weighted by Gasteiger charge is -2.10. The van der Waals surface area contributed by atoms with Crippen molar-refractivity contribution in [3.63, 3.8) is 0 Å². The van der Waals surface area contributed by atoms with Crippen LogP contribution in [0.15, 0.2) is 28.7 Å². The Kier molecular flexibility index (Phi) is 4.67. The molecule has 1 aromatic carbocycles. The Balaban J connectivity index is 2.20. The average molecular weight is 385 g/mol. The fraction of sp³-hybridized carbons (Fsp3) is 0.167. The van der Waals surface area contributed by atoms with E-state index in [1.54, 1.807) is 0 Å². The summed E-state index contributed by atoms with van der Waals surface area (Å²) in [5, 5.41) is 2.23. The third-order valence-corrected chi connectivity index (χ3v) is 3.10. The van der Waals surface area contributed by atoms with Gasteiger partial charge >= 0.3 is 6.18 Å². The number of anilines is 1. The number of aromatic nitrogens is 2. The van der Waals surface area contributed by atoms with Crippen LogP contribution < -0.4 is 5.32 Å². The first-order valence-corrected chi connectivity index (χ1v) is 6.72. The topological polar surface area (TPSA) is 37.8 Å². The maximum Gasteiger partial charge on any atom is 0.451 e. The number of rotatable bonds is 3. The van der Waals surface area contributed by atoms with Crippen molar-refractivity contribution >= 4 is 33.3 Å². The summed E-state index contributed by atoms with van der Waals surface area (Å²) in [4.78, 5) is 6.41. The van der Waals surface area contributed by atoms with E-state index in [4.69, 9.17) is 11.6 Å². The van der Waals surface area contributed by atoms with Crippen LogP contribution in [0, 0.1) is 5.82 Å². The molecular formula is C12H7BrClF4N3. The van der Waals surface area contributed by atoms with Gasteiger partial charge in [-0.05, 0) is 18.2 Å². The first kappa shape index (κ1) is 16.0. The molecule has 1 aromatic heterocycles. The highest BCUT2D eigenvalue weighted by molar-refractivity contribution is 9.10. The first-order valence-electron chi connectivity index (χ1n) is 5.55. The Morgan fingerprint density at radius 2 is 1.90 bits per heavy atom. The van der Waals surface area contributed by atoms with Gasteiger partial charge in [0, 0.05) is 22.6 Å². The lowest BCUT2D eigenvalue weighted by atomic mass is 10.2. The van der Waals surface area contributed by atoms with Gasteiger partial charge in [0.1, 0.15) is 16.8 Å². The Hall–Kier alpha value is -1.41. The summed E-state index contributed by atoms with van der Waals surface area (Å²) < 4.78 is 51.8. The van der Waals surface area contributed by atoms with Crippen LogP contribution in [0.5, 0.6) is 0 Å². The standard InChI is InChI=1S/C12H7BrClF4N3/c13-7-1-2-8(15)6(3-7)5-19-10-4-9(14)20-11(21-10)12(16,17)18/h1-4H,5H2,(H,19,20,21). The maximum absolute atomic E-state index is 13.5. The second-order valence-corrected chi connectivity index (χ2v) is 5.29. The first-order chi connectivity index (χ1) is 9.75. The molecule has 112 valence electrons. The molecule has 0 bridgehead atoms. The summed E-state index contributed by atoms with van der Waals surface area (Å²) in [7, 11) is 0. The molecule has 0 unspecified atom stereocenters. The van der Waals surface area contributed by atoms with Crippen LogP contribution in [0.4, 0.5) is 23.4 Å². The smallest absolute Gasteiger partial charge is 0.366 e. The van der Waals surface area contributed by atoms with Crippen molar-refractivity contribution < 1.29 is 17.6 Å². The molecule has 0 aliphatic rings. The van der Waals surface area contributed by atoms with E-state index < -0.39 is 17.8 Å². The highest BCUT2D eigenvalue weighted by atomic mass is 79.9. The molecule has 0 aliphatic heterocycles. The van der Waals surface area contributed by atoms with Crippen molar-refractivity contribution in [3.8, 4) is 0 Å². The Morgan fingerprint density at radius 3 is 2.57 bits per heavy atom. The zero-order chi connectivity index (χ0) is 15.6. The molecule has 0 radical (unpaired) electrons. The normalized spacial score (nSPS) is 11.5. The summed E-state index contributed by atoms with van der Waals surface area (Å²) in [5.41, 5.74) is 0.271. The molecule has 0 saturated heterocycles. The predicted molar refractivity (Wildman–Crippen MR) is 73.5 cm³/mol. The van der Waals surface area contributed by atoms with E-state index in [9.17, 15) is 17.6 Å². The fourth-order valence-corrected chi connectivity index (χ4v) is 2.09. The number of benzene rings is 1. The zero-order valence-corrected chi connectivity index (χ0v) is 12.5. The molecule has 0 fully saturated rings. The third kappa shape index (κ3) is 4.28. The van der Waals surface area contributed by atoms with Crippen LogP contribution in [0.2, 0.25) is 5.15 Å². The van der Waals surface area contributed by atoms with E-state index in [0.29, 0.717) is 4.47 Å². The number of halogens is 6. The minimum atomic E-state index is -4.71. The van der Waals surface area contributed by atoms with Crippen molar-refractivity contribution in [2.24, 2.45) is 0 Å². The van der Waals surface area contributed by atoms with Crippen molar-refractivity contribution in [1.29, 1.82) is 0 Å². The van der Waals surface area contributed by atoms with Crippen molar-refractivity contribution in [3.05, 3.63) is 51.1 Å². The Labute approximate surface area is 130 Å². The van der Waals surface area contributed by atoms with Crippen LogP contribution in [0.1, 0.15) is 11.4 Å². The minimum Gasteiger partial charge on any atom is -0.366 e. The van der Waals surface area contributed by atoms with Crippen LogP contribution in [0.3, 0.4) is 0 Å². The van der Waals surface area contributed by atoms with Crippen molar-refractivity contribution in [1.82, 2.24) is 9.97 Å². The van der Waals surface area contributed by atoms with E-state index in [0.717, 1.165) is 6.07 Å². The fourth-order valence-electron chi connectivity index (χ4n) is 1.50. The summed E-state index contributed by atoms with van der Waals surface area (Å²) in [5.74, 6) is -1.98. The van der Waals surface area contributed by atoms with Gasteiger partial charge in [0.25, 0.3) is 0 Å². The van der Waals surface area contributed by atoms with E-state index in [-0.39, 0.29) is 23.1 Å². The molecule has 0 atom stereocenters. The molecule has 2 rings (SSSR count). The van der Waals surface area contributed by atoms with Crippen LogP contribution in [-0.2, 0) is 12.7 Å². The maximum atomic E-state index is 13.5. The second-order valence-electron chi connectivity index (χ2n) is 3.99. The van der Waals surface area contributed by atoms with Crippen molar-refractivity contribution in [2.75, 3.05) is 5.32 Å². The number of alkyl halides is 3. The molecule has 3 nitrogen and oxygen atoms in total. The van der Waals surface area contributed by atoms with Gasteiger partial charge in [0.2, 0.25) is 5.82 Å². The van der Waals surface area contributed by atoms with Gasteiger partial charge in [-0.3, -0.25) is 0 Å². The third-order valence-electron chi connectivity index (χ3n) is 2.42. The monoisotopic (exact) mass is 383 g/mol. The molecule has 9 heteroatoms. The molecule has 0 aliphatic carbocycles. The molecular weight excluding hydrogens is 378 g/mol. The summed E-state index contributed by atoms with van der Waals surface area (Å²) in [6.45, 7) is -0.0457. The van der Waals surface area contributed by atoms with Gasteiger partial charge in [-0.15, -0.1) is 0 Å². The zero-order valence-electron chi connectivity index (χ0n) is 10.2. The minimum absolute atomic E-state index is 0.0457.